The largest absolute Gasteiger partial charge is 0.507 e. The quantitative estimate of drug-likeness (QED) is 0.868. The van der Waals surface area contributed by atoms with Gasteiger partial charge in [-0.2, -0.15) is 0 Å². The Morgan fingerprint density at radius 2 is 2.00 bits per heavy atom. The van der Waals surface area contributed by atoms with Gasteiger partial charge in [0.1, 0.15) is 5.75 Å². The monoisotopic (exact) mass is 270 g/mol. The number of aromatic hydroxyl groups is 1. The van der Waals surface area contributed by atoms with Gasteiger partial charge in [-0.15, -0.1) is 0 Å². The minimum absolute atomic E-state index is 0.345. The number of hydrogen-bond donors (Lipinski definition) is 2. The molecule has 0 radical (unpaired) electrons. The molecule has 3 heteroatoms. The van der Waals surface area contributed by atoms with Crippen LogP contribution < -0.4 is 0 Å². The minimum atomic E-state index is -0.519. The number of hydrogen-bond acceptors (Lipinski definition) is 2. The zero-order valence-corrected chi connectivity index (χ0v) is 10.6. The van der Waals surface area contributed by atoms with E-state index in [9.17, 15) is 10.2 Å². The summed E-state index contributed by atoms with van der Waals surface area (Å²) in [5.74, 6) is 0.345. The summed E-state index contributed by atoms with van der Waals surface area (Å²) in [6.07, 6.45) is 2.37. The van der Waals surface area contributed by atoms with Gasteiger partial charge in [-0.25, -0.2) is 0 Å². The summed E-state index contributed by atoms with van der Waals surface area (Å²) in [6, 6.07) is 1.91. The Labute approximate surface area is 98.1 Å². The van der Waals surface area contributed by atoms with Crippen LogP contribution in [0.1, 0.15) is 29.5 Å². The number of rotatable bonds is 2. The zero-order valence-electron chi connectivity index (χ0n) is 8.97. The second-order valence-electron chi connectivity index (χ2n) is 4.53. The van der Waals surface area contributed by atoms with E-state index in [1.807, 2.05) is 19.9 Å². The van der Waals surface area contributed by atoms with E-state index in [4.69, 9.17) is 0 Å². The molecule has 1 saturated carbocycles. The molecule has 1 aliphatic carbocycles. The van der Waals surface area contributed by atoms with E-state index in [1.54, 1.807) is 0 Å². The fourth-order valence-corrected chi connectivity index (χ4v) is 2.61. The Hall–Kier alpha value is -0.540. The molecule has 0 aromatic heterocycles. The van der Waals surface area contributed by atoms with Gasteiger partial charge in [0.05, 0.1) is 5.60 Å². The molecular weight excluding hydrogens is 256 g/mol. The molecule has 2 nitrogen and oxygen atoms in total. The van der Waals surface area contributed by atoms with E-state index in [2.05, 4.69) is 15.9 Å². The molecule has 82 valence electrons. The summed E-state index contributed by atoms with van der Waals surface area (Å²) in [6.45, 7) is 3.77. The smallest absolute Gasteiger partial charge is 0.121 e. The van der Waals surface area contributed by atoms with E-state index in [0.717, 1.165) is 34.0 Å². The van der Waals surface area contributed by atoms with Gasteiger partial charge in [0.2, 0.25) is 0 Å². The Morgan fingerprint density at radius 3 is 2.53 bits per heavy atom. The van der Waals surface area contributed by atoms with Crippen molar-refractivity contribution in [2.24, 2.45) is 0 Å². The van der Waals surface area contributed by atoms with Gasteiger partial charge in [0.25, 0.3) is 0 Å². The summed E-state index contributed by atoms with van der Waals surface area (Å²) in [7, 11) is 0. The number of aryl methyl sites for hydroxylation is 1. The van der Waals surface area contributed by atoms with Crippen LogP contribution in [0.25, 0.3) is 0 Å². The van der Waals surface area contributed by atoms with Crippen molar-refractivity contribution in [3.63, 3.8) is 0 Å². The molecule has 1 aromatic carbocycles. The predicted molar refractivity (Wildman–Crippen MR) is 63.2 cm³/mol. The lowest BCUT2D eigenvalue weighted by Gasteiger charge is -2.15. The van der Waals surface area contributed by atoms with Crippen LogP contribution in [0.2, 0.25) is 0 Å². The average Bonchev–Trinajstić information content (AvgIpc) is 2.89. The van der Waals surface area contributed by atoms with Gasteiger partial charge in [-0.05, 0) is 49.4 Å². The SMILES string of the molecule is Cc1cc(Br)c(CC2(O)CC2)c(C)c1O. The molecule has 1 aromatic rings. The average molecular weight is 271 g/mol. The fourth-order valence-electron chi connectivity index (χ4n) is 1.83. The minimum Gasteiger partial charge on any atom is -0.507 e. The van der Waals surface area contributed by atoms with Crippen LogP contribution in [0.5, 0.6) is 5.75 Å². The van der Waals surface area contributed by atoms with Gasteiger partial charge in [0, 0.05) is 10.9 Å². The molecular formula is C12H15BrO2. The Kier molecular flexibility index (Phi) is 2.55. The molecule has 15 heavy (non-hydrogen) atoms. The van der Waals surface area contributed by atoms with Crippen LogP contribution in [0.15, 0.2) is 10.5 Å². The number of phenolic OH excluding ortho intramolecular Hbond substituents is 1. The molecule has 2 rings (SSSR count). The highest BCUT2D eigenvalue weighted by Crippen LogP contribution is 2.42. The van der Waals surface area contributed by atoms with Crippen LogP contribution in [0, 0.1) is 13.8 Å². The van der Waals surface area contributed by atoms with E-state index >= 15 is 0 Å². The van der Waals surface area contributed by atoms with Gasteiger partial charge >= 0.3 is 0 Å². The van der Waals surface area contributed by atoms with Crippen LogP contribution in [0.4, 0.5) is 0 Å². The highest BCUT2D eigenvalue weighted by atomic mass is 79.9. The van der Waals surface area contributed by atoms with E-state index < -0.39 is 5.60 Å². The summed E-state index contributed by atoms with van der Waals surface area (Å²) in [4.78, 5) is 0. The predicted octanol–water partition coefficient (Wildman–Crippen LogP) is 2.84. The van der Waals surface area contributed by atoms with Crippen molar-refractivity contribution in [2.75, 3.05) is 0 Å². The van der Waals surface area contributed by atoms with Gasteiger partial charge in [0.15, 0.2) is 0 Å². The van der Waals surface area contributed by atoms with Crippen molar-refractivity contribution in [3.05, 3.63) is 27.2 Å². The summed E-state index contributed by atoms with van der Waals surface area (Å²) >= 11 is 3.49. The van der Waals surface area contributed by atoms with Crippen molar-refractivity contribution >= 4 is 15.9 Å². The summed E-state index contributed by atoms with van der Waals surface area (Å²) in [5, 5.41) is 19.7. The number of halogens is 1. The third-order valence-electron chi connectivity index (χ3n) is 3.15. The molecule has 0 heterocycles. The fraction of sp³-hybridized carbons (Fsp3) is 0.500. The summed E-state index contributed by atoms with van der Waals surface area (Å²) in [5.41, 5.74) is 2.25. The highest BCUT2D eigenvalue weighted by Gasteiger charge is 2.41. The zero-order chi connectivity index (χ0) is 11.2. The lowest BCUT2D eigenvalue weighted by Crippen LogP contribution is -2.12. The Morgan fingerprint density at radius 1 is 1.40 bits per heavy atom. The number of aliphatic hydroxyl groups is 1. The van der Waals surface area contributed by atoms with Gasteiger partial charge in [-0.3, -0.25) is 0 Å². The van der Waals surface area contributed by atoms with Crippen LogP contribution >= 0.6 is 15.9 Å². The van der Waals surface area contributed by atoms with Crippen molar-refractivity contribution in [1.82, 2.24) is 0 Å². The highest BCUT2D eigenvalue weighted by molar-refractivity contribution is 9.10. The molecule has 1 fully saturated rings. The first-order valence-corrected chi connectivity index (χ1v) is 5.92. The maximum atomic E-state index is 9.89. The maximum Gasteiger partial charge on any atom is 0.121 e. The molecule has 0 atom stereocenters. The van der Waals surface area contributed by atoms with Crippen molar-refractivity contribution < 1.29 is 10.2 Å². The molecule has 0 spiro atoms. The third-order valence-corrected chi connectivity index (χ3v) is 3.85. The standard InChI is InChI=1S/C12H15BrO2/c1-7-5-10(13)9(8(2)11(7)14)6-12(15)3-4-12/h5,14-15H,3-4,6H2,1-2H3. The van der Waals surface area contributed by atoms with Crippen LogP contribution in [0.3, 0.4) is 0 Å². The lowest BCUT2D eigenvalue weighted by molar-refractivity contribution is 0.150. The molecule has 0 aliphatic heterocycles. The molecule has 2 N–H and O–H groups in total. The number of benzene rings is 1. The Balaban J connectivity index is 2.41. The first kappa shape index (κ1) is 11.0. The Bertz CT molecular complexity index is 409. The van der Waals surface area contributed by atoms with Gasteiger partial charge in [-0.1, -0.05) is 15.9 Å². The van der Waals surface area contributed by atoms with Crippen molar-refractivity contribution in [2.45, 2.75) is 38.7 Å². The molecule has 0 bridgehead atoms. The normalized spacial score (nSPS) is 17.9. The molecule has 0 amide bonds. The van der Waals surface area contributed by atoms with E-state index in [-0.39, 0.29) is 0 Å². The first-order chi connectivity index (χ1) is 6.93. The topological polar surface area (TPSA) is 40.5 Å². The maximum absolute atomic E-state index is 9.89. The van der Waals surface area contributed by atoms with E-state index in [0.29, 0.717) is 12.2 Å². The molecule has 0 saturated heterocycles. The first-order valence-electron chi connectivity index (χ1n) is 5.13. The van der Waals surface area contributed by atoms with Crippen LogP contribution in [-0.2, 0) is 6.42 Å². The number of phenols is 1. The molecule has 0 unspecified atom stereocenters. The van der Waals surface area contributed by atoms with E-state index in [1.165, 1.54) is 0 Å². The van der Waals surface area contributed by atoms with Crippen molar-refractivity contribution in [3.8, 4) is 5.75 Å². The second-order valence-corrected chi connectivity index (χ2v) is 5.38. The van der Waals surface area contributed by atoms with Crippen molar-refractivity contribution in [1.29, 1.82) is 0 Å². The van der Waals surface area contributed by atoms with Crippen LogP contribution in [-0.4, -0.2) is 15.8 Å². The van der Waals surface area contributed by atoms with Gasteiger partial charge < -0.3 is 10.2 Å². The second kappa shape index (κ2) is 3.49. The molecule has 1 aliphatic rings. The summed E-state index contributed by atoms with van der Waals surface area (Å²) < 4.78 is 0.982. The lowest BCUT2D eigenvalue weighted by atomic mass is 9.98. The third kappa shape index (κ3) is 2.04.